The summed E-state index contributed by atoms with van der Waals surface area (Å²) in [7, 11) is 0. The Morgan fingerprint density at radius 1 is 1.25 bits per heavy atom. The number of rotatable bonds is 4. The normalized spacial score (nSPS) is 20.0. The molecule has 0 amide bonds. The molecule has 1 aromatic carbocycles. The Morgan fingerprint density at radius 3 is 2.62 bits per heavy atom. The first-order valence-corrected chi connectivity index (χ1v) is 6.79. The number of halogens is 3. The predicted octanol–water partition coefficient (Wildman–Crippen LogP) is 3.62. The number of carboxylic acids is 1. The maximum absolute atomic E-state index is 13.8. The van der Waals surface area contributed by atoms with E-state index < -0.39 is 30.1 Å². The standard InChI is InChI=1S/C16H11F3O5/c17-16(18,19)15(23-9-10-5-6-22-8-10)12(14(20)21)7-11-3-1-2-4-13(11)24-15/h1-8H,9H2,(H,20,21). The van der Waals surface area contributed by atoms with E-state index in [9.17, 15) is 23.1 Å². The molecular weight excluding hydrogens is 329 g/mol. The highest BCUT2D eigenvalue weighted by molar-refractivity contribution is 5.95. The third-order valence-electron chi connectivity index (χ3n) is 3.45. The van der Waals surface area contributed by atoms with E-state index in [0.29, 0.717) is 5.56 Å². The van der Waals surface area contributed by atoms with Gasteiger partial charge in [0, 0.05) is 11.1 Å². The second-order valence-corrected chi connectivity index (χ2v) is 5.04. The van der Waals surface area contributed by atoms with Gasteiger partial charge in [0.05, 0.1) is 19.1 Å². The van der Waals surface area contributed by atoms with Crippen LogP contribution in [-0.4, -0.2) is 23.0 Å². The van der Waals surface area contributed by atoms with Gasteiger partial charge in [-0.25, -0.2) is 4.79 Å². The number of benzene rings is 1. The molecule has 3 rings (SSSR count). The summed E-state index contributed by atoms with van der Waals surface area (Å²) in [5, 5.41) is 9.27. The molecule has 1 atom stereocenters. The van der Waals surface area contributed by atoms with Crippen molar-refractivity contribution in [1.82, 2.24) is 0 Å². The molecule has 1 N–H and O–H groups in total. The van der Waals surface area contributed by atoms with E-state index >= 15 is 0 Å². The van der Waals surface area contributed by atoms with Crippen LogP contribution in [0.2, 0.25) is 0 Å². The van der Waals surface area contributed by atoms with Gasteiger partial charge in [-0.2, -0.15) is 13.2 Å². The molecule has 5 nitrogen and oxygen atoms in total. The minimum Gasteiger partial charge on any atom is -0.478 e. The minimum absolute atomic E-state index is 0.119. The van der Waals surface area contributed by atoms with Crippen LogP contribution in [0.15, 0.2) is 52.8 Å². The number of alkyl halides is 3. The van der Waals surface area contributed by atoms with Gasteiger partial charge >= 0.3 is 17.9 Å². The number of hydrogen-bond donors (Lipinski definition) is 1. The first-order valence-electron chi connectivity index (χ1n) is 6.79. The van der Waals surface area contributed by atoms with E-state index in [1.807, 2.05) is 0 Å². The van der Waals surface area contributed by atoms with Gasteiger partial charge in [0.15, 0.2) is 0 Å². The Bertz CT molecular complexity index is 779. The monoisotopic (exact) mass is 340 g/mol. The summed E-state index contributed by atoms with van der Waals surface area (Å²) in [6, 6.07) is 7.21. The van der Waals surface area contributed by atoms with Crippen molar-refractivity contribution in [2.45, 2.75) is 18.6 Å². The van der Waals surface area contributed by atoms with E-state index in [-0.39, 0.29) is 11.3 Å². The van der Waals surface area contributed by atoms with Gasteiger partial charge in [-0.05, 0) is 18.2 Å². The summed E-state index contributed by atoms with van der Waals surface area (Å²) in [5.74, 6) is -5.31. The molecule has 8 heteroatoms. The van der Waals surface area contributed by atoms with Gasteiger partial charge in [0.2, 0.25) is 0 Å². The molecule has 0 fully saturated rings. The second-order valence-electron chi connectivity index (χ2n) is 5.04. The largest absolute Gasteiger partial charge is 0.478 e. The Balaban J connectivity index is 2.08. The third-order valence-corrected chi connectivity index (χ3v) is 3.45. The number of fused-ring (bicyclic) bond motifs is 1. The number of hydrogen-bond acceptors (Lipinski definition) is 4. The van der Waals surface area contributed by atoms with Crippen LogP contribution in [-0.2, 0) is 16.1 Å². The summed E-state index contributed by atoms with van der Waals surface area (Å²) in [6.45, 7) is -0.539. The number of carbonyl (C=O) groups is 1. The van der Waals surface area contributed by atoms with Crippen molar-refractivity contribution in [1.29, 1.82) is 0 Å². The maximum Gasteiger partial charge on any atom is 0.460 e. The molecule has 0 spiro atoms. The van der Waals surface area contributed by atoms with Crippen LogP contribution in [0.1, 0.15) is 11.1 Å². The van der Waals surface area contributed by atoms with Crippen molar-refractivity contribution in [2.75, 3.05) is 0 Å². The average molecular weight is 340 g/mol. The zero-order chi connectivity index (χ0) is 17.4. The van der Waals surface area contributed by atoms with Crippen LogP contribution in [0, 0.1) is 0 Å². The molecule has 0 radical (unpaired) electrons. The average Bonchev–Trinajstić information content (AvgIpc) is 3.04. The minimum atomic E-state index is -5.12. The van der Waals surface area contributed by atoms with E-state index in [1.54, 1.807) is 6.07 Å². The van der Waals surface area contributed by atoms with Crippen molar-refractivity contribution < 1.29 is 37.0 Å². The lowest BCUT2D eigenvalue weighted by atomic mass is 9.97. The molecular formula is C16H11F3O5. The topological polar surface area (TPSA) is 68.9 Å². The first kappa shape index (κ1) is 16.1. The summed E-state index contributed by atoms with van der Waals surface area (Å²) < 4.78 is 56.0. The second kappa shape index (κ2) is 5.72. The fourth-order valence-electron chi connectivity index (χ4n) is 2.31. The Morgan fingerprint density at radius 2 is 2.00 bits per heavy atom. The lowest BCUT2D eigenvalue weighted by Gasteiger charge is -2.38. The summed E-state index contributed by atoms with van der Waals surface area (Å²) in [4.78, 5) is 11.4. The lowest BCUT2D eigenvalue weighted by Crippen LogP contribution is -2.56. The van der Waals surface area contributed by atoms with E-state index in [4.69, 9.17) is 13.9 Å². The smallest absolute Gasteiger partial charge is 0.460 e. The van der Waals surface area contributed by atoms with Gasteiger partial charge in [0.1, 0.15) is 11.3 Å². The van der Waals surface area contributed by atoms with Crippen molar-refractivity contribution in [2.24, 2.45) is 0 Å². The highest BCUT2D eigenvalue weighted by Crippen LogP contribution is 2.46. The van der Waals surface area contributed by atoms with Crippen molar-refractivity contribution >= 4 is 12.0 Å². The molecule has 0 saturated heterocycles. The summed E-state index contributed by atoms with van der Waals surface area (Å²) in [6.07, 6.45) is -1.74. The molecule has 2 aromatic rings. The molecule has 1 unspecified atom stereocenters. The molecule has 24 heavy (non-hydrogen) atoms. The van der Waals surface area contributed by atoms with Crippen LogP contribution >= 0.6 is 0 Å². The van der Waals surface area contributed by atoms with E-state index in [1.165, 1.54) is 36.8 Å². The number of carboxylic acid groups (broad SMARTS) is 1. The summed E-state index contributed by atoms with van der Waals surface area (Å²) >= 11 is 0. The molecule has 126 valence electrons. The lowest BCUT2D eigenvalue weighted by molar-refractivity contribution is -0.337. The Labute approximate surface area is 133 Å². The maximum atomic E-state index is 13.8. The number of para-hydroxylation sites is 1. The van der Waals surface area contributed by atoms with Crippen molar-refractivity contribution in [3.63, 3.8) is 0 Å². The van der Waals surface area contributed by atoms with Crippen molar-refractivity contribution in [3.8, 4) is 5.75 Å². The zero-order valence-electron chi connectivity index (χ0n) is 12.0. The first-order chi connectivity index (χ1) is 11.3. The molecule has 1 aromatic heterocycles. The van der Waals surface area contributed by atoms with Gasteiger partial charge in [-0.15, -0.1) is 0 Å². The quantitative estimate of drug-likeness (QED) is 0.921. The molecule has 2 heterocycles. The van der Waals surface area contributed by atoms with Crippen LogP contribution < -0.4 is 4.74 Å². The van der Waals surface area contributed by atoms with Crippen LogP contribution in [0.5, 0.6) is 5.75 Å². The summed E-state index contributed by atoms with van der Waals surface area (Å²) in [5.41, 5.74) is -0.510. The van der Waals surface area contributed by atoms with Gasteiger partial charge in [-0.3, -0.25) is 0 Å². The van der Waals surface area contributed by atoms with Crippen molar-refractivity contribution in [3.05, 3.63) is 59.6 Å². The fourth-order valence-corrected chi connectivity index (χ4v) is 2.31. The molecule has 1 aliphatic heterocycles. The number of aliphatic carboxylic acids is 1. The van der Waals surface area contributed by atoms with Gasteiger partial charge in [0.25, 0.3) is 0 Å². The number of furan rings is 1. The van der Waals surface area contributed by atoms with Crippen LogP contribution in [0.25, 0.3) is 6.08 Å². The molecule has 0 aliphatic carbocycles. The highest BCUT2D eigenvalue weighted by Gasteiger charge is 2.65. The SMILES string of the molecule is O=C(O)C1=Cc2ccccc2OC1(OCc1ccoc1)C(F)(F)F. The Hall–Kier alpha value is -2.74. The zero-order valence-corrected chi connectivity index (χ0v) is 12.0. The van der Waals surface area contributed by atoms with Gasteiger partial charge in [-0.1, -0.05) is 18.2 Å². The van der Waals surface area contributed by atoms with Gasteiger partial charge < -0.3 is 19.0 Å². The van der Waals surface area contributed by atoms with Crippen LogP contribution in [0.4, 0.5) is 13.2 Å². The highest BCUT2D eigenvalue weighted by atomic mass is 19.4. The molecule has 0 saturated carbocycles. The third kappa shape index (κ3) is 2.65. The van der Waals surface area contributed by atoms with E-state index in [0.717, 1.165) is 6.08 Å². The number of ether oxygens (including phenoxy) is 2. The fraction of sp³-hybridized carbons (Fsp3) is 0.188. The molecule has 0 bridgehead atoms. The van der Waals surface area contributed by atoms with E-state index in [2.05, 4.69) is 0 Å². The molecule has 1 aliphatic rings. The Kier molecular flexibility index (Phi) is 3.84. The predicted molar refractivity (Wildman–Crippen MR) is 75.0 cm³/mol. The van der Waals surface area contributed by atoms with Crippen LogP contribution in [0.3, 0.4) is 0 Å².